The summed E-state index contributed by atoms with van der Waals surface area (Å²) in [5.74, 6) is -8.60. The number of ether oxygens (including phenoxy) is 4. The van der Waals surface area contributed by atoms with Crippen LogP contribution >= 0.6 is 0 Å². The van der Waals surface area contributed by atoms with Crippen molar-refractivity contribution in [2.75, 3.05) is 59.0 Å². The number of benzene rings is 5. The fraction of sp³-hybridized carbons (Fsp3) is 0.271. The highest BCUT2D eigenvalue weighted by Gasteiger charge is 2.42. The van der Waals surface area contributed by atoms with E-state index in [9.17, 15) is 62.3 Å². The Bertz CT molecular complexity index is 3330. The third-order valence-electron chi connectivity index (χ3n) is 12.9. The molecule has 26 nitrogen and oxygen atoms in total. The minimum absolute atomic E-state index is 0.131. The molecule has 8 rings (SSSR count). The number of anilines is 4. The fourth-order valence-electron chi connectivity index (χ4n) is 9.00. The first-order valence-corrected chi connectivity index (χ1v) is 26.3. The minimum atomic E-state index is -1.33. The van der Waals surface area contributed by atoms with Crippen LogP contribution in [0.2, 0.25) is 0 Å². The number of rotatable bonds is 20. The van der Waals surface area contributed by atoms with Crippen LogP contribution in [0.1, 0.15) is 53.0 Å². The standard InChI is InChI=1S/C33H32N4O9.C26H26N4O9/c1-21(38)44-20-29(40)36-17-25(35-31(42)23-12-6-3-7-13-23)32(43)37(27-15-9-8-14-26(27)36)18-28(39)34-24-16-30(41)46-33(24)45-19-22-10-4-2-5-11-22;1-16(32)39-15-23(34)29-12-19(28-25(37)17-7-3-2-4-8-17)26(38)30(21-10-6-5-9-20(21)29)13-22(33)27-18(14-31)11-24(35)36/h2-15,24-25,33H,16-20H2,1H3,(H,34,39)(H,35,42);2-10,14,18-19H,11-13,15H2,1H3,(H,27,33)(H,28,37)(H,35,36)/t24-,25-,33?;18-,19-/m00/s1. The number of cyclic esters (lactones) is 1. The van der Waals surface area contributed by atoms with Gasteiger partial charge < -0.3 is 59.9 Å². The lowest BCUT2D eigenvalue weighted by molar-refractivity contribution is -0.168. The molecule has 1 saturated heterocycles. The molecule has 3 heterocycles. The number of para-hydroxylation sites is 4. The van der Waals surface area contributed by atoms with E-state index in [0.29, 0.717) is 0 Å². The van der Waals surface area contributed by atoms with Gasteiger partial charge in [-0.05, 0) is 54.1 Å². The van der Waals surface area contributed by atoms with Crippen molar-refractivity contribution in [2.24, 2.45) is 0 Å². The van der Waals surface area contributed by atoms with Crippen molar-refractivity contribution >= 4 is 100 Å². The maximum absolute atomic E-state index is 14.1. The third kappa shape index (κ3) is 17.0. The van der Waals surface area contributed by atoms with Crippen LogP contribution < -0.4 is 40.9 Å². The largest absolute Gasteiger partial charge is 0.481 e. The summed E-state index contributed by atoms with van der Waals surface area (Å²) < 4.78 is 20.8. The second-order valence-electron chi connectivity index (χ2n) is 19.1. The summed E-state index contributed by atoms with van der Waals surface area (Å²) in [5, 5.41) is 19.2. The van der Waals surface area contributed by atoms with Crippen LogP contribution in [0.5, 0.6) is 0 Å². The second-order valence-corrected chi connectivity index (χ2v) is 19.1. The highest BCUT2D eigenvalue weighted by Crippen LogP contribution is 2.35. The predicted octanol–water partition coefficient (Wildman–Crippen LogP) is 1.59. The normalized spacial score (nSPS) is 17.3. The zero-order valence-corrected chi connectivity index (χ0v) is 45.8. The monoisotopic (exact) mass is 1170 g/mol. The van der Waals surface area contributed by atoms with E-state index in [1.165, 1.54) is 34.1 Å². The number of carbonyl (C=O) groups excluding carboxylic acids is 12. The van der Waals surface area contributed by atoms with Gasteiger partial charge in [0.15, 0.2) is 13.2 Å². The topological polar surface area (TPSA) is 340 Å². The van der Waals surface area contributed by atoms with Crippen LogP contribution in [-0.4, -0.2) is 152 Å². The Hall–Kier alpha value is -10.6. The van der Waals surface area contributed by atoms with Crippen LogP contribution in [0, 0.1) is 0 Å². The lowest BCUT2D eigenvalue weighted by atomic mass is 10.1. The third-order valence-corrected chi connectivity index (χ3v) is 12.9. The first-order chi connectivity index (χ1) is 40.8. The van der Waals surface area contributed by atoms with E-state index < -0.39 is 134 Å². The molecule has 1 fully saturated rings. The summed E-state index contributed by atoms with van der Waals surface area (Å²) in [4.78, 5) is 168. The molecule has 3 aliphatic heterocycles. The van der Waals surface area contributed by atoms with Crippen molar-refractivity contribution < 1.29 is 86.4 Å². The van der Waals surface area contributed by atoms with Crippen molar-refractivity contribution in [3.63, 3.8) is 0 Å². The number of carbonyl (C=O) groups is 13. The summed E-state index contributed by atoms with van der Waals surface area (Å²) >= 11 is 0. The highest BCUT2D eigenvalue weighted by molar-refractivity contribution is 6.13. The van der Waals surface area contributed by atoms with Gasteiger partial charge in [-0.15, -0.1) is 0 Å². The van der Waals surface area contributed by atoms with E-state index in [1.54, 1.807) is 84.9 Å². The van der Waals surface area contributed by atoms with Crippen LogP contribution in [0.4, 0.5) is 22.7 Å². The number of hydrogen-bond acceptors (Lipinski definition) is 17. The van der Waals surface area contributed by atoms with E-state index in [4.69, 9.17) is 24.1 Å². The number of fused-ring (bicyclic) bond motifs is 2. The molecule has 0 aliphatic carbocycles. The molecule has 8 amide bonds. The van der Waals surface area contributed by atoms with Crippen molar-refractivity contribution in [3.05, 3.63) is 156 Å². The van der Waals surface area contributed by atoms with E-state index in [-0.39, 0.29) is 66.3 Å². The Morgan fingerprint density at radius 2 is 1.01 bits per heavy atom. The van der Waals surface area contributed by atoms with Gasteiger partial charge in [0.05, 0.1) is 61.3 Å². The molecule has 0 saturated carbocycles. The highest BCUT2D eigenvalue weighted by atomic mass is 16.7. The van der Waals surface area contributed by atoms with Crippen molar-refractivity contribution in [1.29, 1.82) is 0 Å². The Morgan fingerprint density at radius 3 is 1.45 bits per heavy atom. The lowest BCUT2D eigenvalue weighted by Gasteiger charge is -2.26. The molecule has 5 N–H and O–H groups in total. The number of carboxylic acids is 1. The molecule has 5 aromatic carbocycles. The van der Waals surface area contributed by atoms with Gasteiger partial charge in [-0.2, -0.15) is 0 Å². The summed E-state index contributed by atoms with van der Waals surface area (Å²) in [6.45, 7) is -0.604. The SMILES string of the molecule is CC(=O)OCC(=O)N1C[C@H](NC(=O)c2ccccc2)C(=O)N(CC(=O)N[C@H](C=O)CC(=O)O)c2ccccc21.CC(=O)OCC(=O)N1C[C@H](NC(=O)c2ccccc2)C(=O)N(CC(=O)N[C@H]2CC(=O)OC2OCc2ccccc2)c2ccccc21. The van der Waals surface area contributed by atoms with Gasteiger partial charge in [-0.1, -0.05) is 91.0 Å². The van der Waals surface area contributed by atoms with Gasteiger partial charge in [0.2, 0.25) is 18.1 Å². The van der Waals surface area contributed by atoms with Gasteiger partial charge in [-0.25, -0.2) is 0 Å². The average Bonchev–Trinajstić information content (AvgIpc) is 3.74. The quantitative estimate of drug-likeness (QED) is 0.0420. The van der Waals surface area contributed by atoms with Gasteiger partial charge in [0, 0.05) is 25.0 Å². The number of nitrogens with zero attached hydrogens (tertiary/aromatic N) is 4. The lowest BCUT2D eigenvalue weighted by Crippen LogP contribution is -2.55. The zero-order valence-electron chi connectivity index (χ0n) is 45.8. The van der Waals surface area contributed by atoms with Gasteiger partial charge in [0.25, 0.3) is 35.4 Å². The Balaban J connectivity index is 0.000000247. The van der Waals surface area contributed by atoms with Crippen molar-refractivity contribution in [2.45, 2.75) is 63.8 Å². The molecule has 0 spiro atoms. The molecule has 442 valence electrons. The number of aliphatic carboxylic acids is 1. The first-order valence-electron chi connectivity index (χ1n) is 26.3. The maximum atomic E-state index is 14.1. The van der Waals surface area contributed by atoms with Crippen LogP contribution in [-0.2, 0) is 78.3 Å². The molecule has 5 aromatic rings. The van der Waals surface area contributed by atoms with E-state index in [0.717, 1.165) is 29.2 Å². The number of hydrogen-bond donors (Lipinski definition) is 5. The summed E-state index contributed by atoms with van der Waals surface area (Å²) in [7, 11) is 0. The number of amides is 8. The van der Waals surface area contributed by atoms with Crippen LogP contribution in [0.3, 0.4) is 0 Å². The molecule has 1 unspecified atom stereocenters. The van der Waals surface area contributed by atoms with Gasteiger partial charge >= 0.3 is 23.9 Å². The molecular formula is C59H58N8O18. The number of nitrogens with one attached hydrogen (secondary N) is 4. The molecule has 85 heavy (non-hydrogen) atoms. The second kappa shape index (κ2) is 29.4. The van der Waals surface area contributed by atoms with Crippen molar-refractivity contribution in [1.82, 2.24) is 21.3 Å². The van der Waals surface area contributed by atoms with Crippen LogP contribution in [0.25, 0.3) is 0 Å². The summed E-state index contributed by atoms with van der Waals surface area (Å²) in [6.07, 6.45) is -1.57. The molecule has 3 aliphatic rings. The Kier molecular flexibility index (Phi) is 21.4. The molecule has 26 heteroatoms. The molecule has 0 radical (unpaired) electrons. The Morgan fingerprint density at radius 1 is 0.588 bits per heavy atom. The predicted molar refractivity (Wildman–Crippen MR) is 299 cm³/mol. The molecule has 0 bridgehead atoms. The Labute approximate surface area is 485 Å². The average molecular weight is 1170 g/mol. The van der Waals surface area contributed by atoms with E-state index >= 15 is 0 Å². The van der Waals surface area contributed by atoms with Crippen molar-refractivity contribution in [3.8, 4) is 0 Å². The summed E-state index contributed by atoms with van der Waals surface area (Å²) in [6, 6.07) is 33.3. The fourth-order valence-corrected chi connectivity index (χ4v) is 9.00. The van der Waals surface area contributed by atoms with E-state index in [2.05, 4.69) is 21.3 Å². The first kappa shape index (κ1) is 62.0. The molecule has 0 aromatic heterocycles. The maximum Gasteiger partial charge on any atom is 0.310 e. The number of esters is 3. The zero-order chi connectivity index (χ0) is 61.2. The molecular weight excluding hydrogens is 1110 g/mol. The summed E-state index contributed by atoms with van der Waals surface area (Å²) in [5.41, 5.74) is 2.18. The minimum Gasteiger partial charge on any atom is -0.481 e. The van der Waals surface area contributed by atoms with E-state index in [1.807, 2.05) is 30.3 Å². The van der Waals surface area contributed by atoms with Gasteiger partial charge in [0.1, 0.15) is 37.5 Å². The molecule has 5 atom stereocenters. The smallest absolute Gasteiger partial charge is 0.310 e. The van der Waals surface area contributed by atoms with Crippen LogP contribution in [0.15, 0.2) is 140 Å². The van der Waals surface area contributed by atoms with Gasteiger partial charge in [-0.3, -0.25) is 67.3 Å². The number of carboxylic acid groups (broad SMARTS) is 1. The number of aldehydes is 1.